The number of ketones is 1. The van der Waals surface area contributed by atoms with E-state index in [9.17, 15) is 9.18 Å². The smallest absolute Gasteiger partial charge is 0.167 e. The Kier molecular flexibility index (Phi) is 4.10. The van der Waals surface area contributed by atoms with E-state index in [1.807, 2.05) is 0 Å². The van der Waals surface area contributed by atoms with Gasteiger partial charge < -0.3 is 10.1 Å². The number of hydrogen-bond acceptors (Lipinski definition) is 3. The first-order valence-corrected chi connectivity index (χ1v) is 5.83. The third kappa shape index (κ3) is 3.25. The molecule has 3 nitrogen and oxygen atoms in total. The molecule has 17 heavy (non-hydrogen) atoms. The van der Waals surface area contributed by atoms with E-state index in [0.717, 1.165) is 6.54 Å². The third-order valence-corrected chi connectivity index (χ3v) is 2.96. The lowest BCUT2D eigenvalue weighted by molar-refractivity contribution is -0.131. The van der Waals surface area contributed by atoms with Crippen molar-refractivity contribution in [1.82, 2.24) is 5.32 Å². The molecule has 1 unspecified atom stereocenters. The minimum absolute atomic E-state index is 0.0427. The fourth-order valence-electron chi connectivity index (χ4n) is 1.74. The molecular formula is C12H13ClFNO2. The maximum absolute atomic E-state index is 13.2. The minimum Gasteiger partial charge on any atom is -0.368 e. The molecule has 5 heteroatoms. The Hall–Kier alpha value is -0.970. The maximum Gasteiger partial charge on any atom is 0.167 e. The van der Waals surface area contributed by atoms with Crippen LogP contribution in [0.3, 0.4) is 0 Å². The fraction of sp³-hybridized carbons (Fsp3) is 0.417. The molecule has 1 fully saturated rings. The van der Waals surface area contributed by atoms with Crippen molar-refractivity contribution in [2.75, 3.05) is 19.7 Å². The zero-order chi connectivity index (χ0) is 12.3. The highest BCUT2D eigenvalue weighted by atomic mass is 35.5. The maximum atomic E-state index is 13.2. The van der Waals surface area contributed by atoms with E-state index in [1.165, 1.54) is 12.1 Å². The Bertz CT molecular complexity index is 419. The quantitative estimate of drug-likeness (QED) is 0.894. The van der Waals surface area contributed by atoms with Crippen LogP contribution in [-0.2, 0) is 16.0 Å². The Morgan fingerprint density at radius 1 is 1.59 bits per heavy atom. The van der Waals surface area contributed by atoms with Crippen molar-refractivity contribution in [1.29, 1.82) is 0 Å². The number of halogens is 2. The van der Waals surface area contributed by atoms with Gasteiger partial charge in [-0.3, -0.25) is 4.79 Å². The number of rotatable bonds is 3. The highest BCUT2D eigenvalue weighted by Crippen LogP contribution is 2.16. The van der Waals surface area contributed by atoms with Gasteiger partial charge in [-0.15, -0.1) is 0 Å². The van der Waals surface area contributed by atoms with Crippen molar-refractivity contribution in [3.63, 3.8) is 0 Å². The lowest BCUT2D eigenvalue weighted by Crippen LogP contribution is -2.43. The van der Waals surface area contributed by atoms with Crippen LogP contribution >= 0.6 is 11.6 Å². The number of Topliss-reactive ketones (excluding diaryl/α,β-unsaturated/α-hetero) is 1. The van der Waals surface area contributed by atoms with Crippen molar-refractivity contribution < 1.29 is 13.9 Å². The molecule has 1 aromatic rings. The molecule has 0 amide bonds. The molecular weight excluding hydrogens is 245 g/mol. The summed E-state index contributed by atoms with van der Waals surface area (Å²) < 4.78 is 18.5. The van der Waals surface area contributed by atoms with Crippen LogP contribution in [0.25, 0.3) is 0 Å². The van der Waals surface area contributed by atoms with Gasteiger partial charge in [0.15, 0.2) is 5.78 Å². The van der Waals surface area contributed by atoms with E-state index < -0.39 is 11.9 Å². The standard InChI is InChI=1S/C12H13ClFNO2/c13-9-2-1-8(5-10(9)14)6-11(16)12-7-15-3-4-17-12/h1-2,5,12,15H,3-4,6-7H2. The van der Waals surface area contributed by atoms with E-state index in [-0.39, 0.29) is 17.2 Å². The van der Waals surface area contributed by atoms with Gasteiger partial charge in [0.05, 0.1) is 11.6 Å². The number of carbonyl (C=O) groups excluding carboxylic acids is 1. The second-order valence-corrected chi connectivity index (χ2v) is 4.36. The first-order chi connectivity index (χ1) is 8.16. The topological polar surface area (TPSA) is 38.3 Å². The number of carbonyl (C=O) groups is 1. The third-order valence-electron chi connectivity index (χ3n) is 2.65. The zero-order valence-electron chi connectivity index (χ0n) is 9.21. The van der Waals surface area contributed by atoms with Gasteiger partial charge in [-0.25, -0.2) is 4.39 Å². The molecule has 1 aromatic carbocycles. The van der Waals surface area contributed by atoms with Crippen LogP contribution in [-0.4, -0.2) is 31.6 Å². The lowest BCUT2D eigenvalue weighted by atomic mass is 10.0. The van der Waals surface area contributed by atoms with E-state index in [2.05, 4.69) is 5.32 Å². The molecule has 0 radical (unpaired) electrons. The Balaban J connectivity index is 1.99. The summed E-state index contributed by atoms with van der Waals surface area (Å²) in [6.45, 7) is 1.82. The Labute approximate surface area is 104 Å². The van der Waals surface area contributed by atoms with Crippen LogP contribution < -0.4 is 5.32 Å². The highest BCUT2D eigenvalue weighted by molar-refractivity contribution is 6.30. The number of morpholine rings is 1. The van der Waals surface area contributed by atoms with Gasteiger partial charge in [0.25, 0.3) is 0 Å². The SMILES string of the molecule is O=C(Cc1ccc(Cl)c(F)c1)C1CNCCO1. The summed E-state index contributed by atoms with van der Waals surface area (Å²) in [6.07, 6.45) is -0.261. The number of ether oxygens (including phenoxy) is 1. The number of nitrogens with one attached hydrogen (secondary N) is 1. The van der Waals surface area contributed by atoms with Crippen molar-refractivity contribution in [2.24, 2.45) is 0 Å². The average molecular weight is 258 g/mol. The zero-order valence-corrected chi connectivity index (χ0v) is 9.97. The largest absolute Gasteiger partial charge is 0.368 e. The van der Waals surface area contributed by atoms with Gasteiger partial charge in [-0.2, -0.15) is 0 Å². The van der Waals surface area contributed by atoms with Gasteiger partial charge in [-0.05, 0) is 17.7 Å². The molecule has 1 aliphatic heterocycles. The predicted molar refractivity (Wildman–Crippen MR) is 62.7 cm³/mol. The van der Waals surface area contributed by atoms with Crippen molar-refractivity contribution in [2.45, 2.75) is 12.5 Å². The number of benzene rings is 1. The lowest BCUT2D eigenvalue weighted by Gasteiger charge is -2.22. The van der Waals surface area contributed by atoms with E-state index >= 15 is 0 Å². The molecule has 0 spiro atoms. The van der Waals surface area contributed by atoms with Gasteiger partial charge in [0, 0.05) is 19.5 Å². The van der Waals surface area contributed by atoms with Crippen LogP contribution in [0, 0.1) is 5.82 Å². The molecule has 1 aliphatic rings. The molecule has 0 saturated carbocycles. The number of hydrogen-bond donors (Lipinski definition) is 1. The predicted octanol–water partition coefficient (Wildman–Crippen LogP) is 1.58. The molecule has 1 N–H and O–H groups in total. The van der Waals surface area contributed by atoms with Crippen LogP contribution in [0.2, 0.25) is 5.02 Å². The normalized spacial score (nSPS) is 20.2. The summed E-state index contributed by atoms with van der Waals surface area (Å²) in [5.41, 5.74) is 0.617. The first-order valence-electron chi connectivity index (χ1n) is 5.46. The van der Waals surface area contributed by atoms with Gasteiger partial charge in [0.1, 0.15) is 11.9 Å². The highest BCUT2D eigenvalue weighted by Gasteiger charge is 2.21. The van der Waals surface area contributed by atoms with Gasteiger partial charge in [-0.1, -0.05) is 17.7 Å². The fourth-order valence-corrected chi connectivity index (χ4v) is 1.85. The molecule has 92 valence electrons. The van der Waals surface area contributed by atoms with E-state index in [0.29, 0.717) is 18.7 Å². The first kappa shape index (κ1) is 12.5. The molecule has 1 heterocycles. The van der Waals surface area contributed by atoms with Crippen LogP contribution in [0.5, 0.6) is 0 Å². The second kappa shape index (κ2) is 5.58. The molecule has 1 atom stereocenters. The van der Waals surface area contributed by atoms with Crippen molar-refractivity contribution in [3.05, 3.63) is 34.6 Å². The second-order valence-electron chi connectivity index (χ2n) is 3.96. The van der Waals surface area contributed by atoms with E-state index in [1.54, 1.807) is 6.07 Å². The summed E-state index contributed by atoms with van der Waals surface area (Å²) in [7, 11) is 0. The monoisotopic (exact) mass is 257 g/mol. The van der Waals surface area contributed by atoms with Crippen LogP contribution in [0.4, 0.5) is 4.39 Å². The summed E-state index contributed by atoms with van der Waals surface area (Å²) >= 11 is 5.57. The molecule has 2 rings (SSSR count). The van der Waals surface area contributed by atoms with Crippen LogP contribution in [0.1, 0.15) is 5.56 Å². The Morgan fingerprint density at radius 2 is 2.41 bits per heavy atom. The summed E-state index contributed by atoms with van der Waals surface area (Å²) in [5.74, 6) is -0.543. The summed E-state index contributed by atoms with van der Waals surface area (Å²) in [6, 6.07) is 4.40. The Morgan fingerprint density at radius 3 is 3.06 bits per heavy atom. The van der Waals surface area contributed by atoms with Crippen LogP contribution in [0.15, 0.2) is 18.2 Å². The minimum atomic E-state index is -0.500. The molecule has 0 bridgehead atoms. The summed E-state index contributed by atoms with van der Waals surface area (Å²) in [4.78, 5) is 11.8. The van der Waals surface area contributed by atoms with Gasteiger partial charge >= 0.3 is 0 Å². The van der Waals surface area contributed by atoms with Gasteiger partial charge in [0.2, 0.25) is 0 Å². The molecule has 0 aromatic heterocycles. The molecule has 0 aliphatic carbocycles. The van der Waals surface area contributed by atoms with E-state index in [4.69, 9.17) is 16.3 Å². The average Bonchev–Trinajstić information content (AvgIpc) is 2.35. The van der Waals surface area contributed by atoms with Crippen molar-refractivity contribution in [3.8, 4) is 0 Å². The van der Waals surface area contributed by atoms with Crippen molar-refractivity contribution >= 4 is 17.4 Å². The summed E-state index contributed by atoms with van der Waals surface area (Å²) in [5, 5.41) is 3.15. The molecule has 1 saturated heterocycles.